The Hall–Kier alpha value is -0.420. The smallest absolute Gasteiger partial charge is 0.0802 e. The molecule has 1 atom stereocenters. The quantitative estimate of drug-likeness (QED) is 0.786. The molecule has 1 fully saturated rings. The standard InChI is InChI=1S/C17H26BrNO2/c18-15-6-4-5-14(13-15)17(21)9-10-19(11-12-20)16-7-2-1-3-8-16/h4-6,13,16-17,20-21H,1-3,7-12H2. The molecule has 1 aromatic carbocycles. The zero-order valence-corrected chi connectivity index (χ0v) is 14.1. The molecule has 3 nitrogen and oxygen atoms in total. The Morgan fingerprint density at radius 3 is 2.62 bits per heavy atom. The molecule has 0 bridgehead atoms. The average Bonchev–Trinajstić information content (AvgIpc) is 2.52. The SMILES string of the molecule is OCCN(CCC(O)c1cccc(Br)c1)C1CCCCC1. The first kappa shape index (κ1) is 16.9. The minimum Gasteiger partial charge on any atom is -0.395 e. The molecular weight excluding hydrogens is 330 g/mol. The maximum absolute atomic E-state index is 10.4. The molecular formula is C17H26BrNO2. The highest BCUT2D eigenvalue weighted by Crippen LogP contribution is 2.25. The first-order valence-corrected chi connectivity index (χ1v) is 8.78. The number of benzene rings is 1. The summed E-state index contributed by atoms with van der Waals surface area (Å²) in [4.78, 5) is 2.36. The summed E-state index contributed by atoms with van der Waals surface area (Å²) >= 11 is 3.44. The lowest BCUT2D eigenvalue weighted by atomic mass is 9.93. The Kier molecular flexibility index (Phi) is 7.17. The molecule has 0 radical (unpaired) electrons. The van der Waals surface area contributed by atoms with E-state index in [1.807, 2.05) is 24.3 Å². The second-order valence-electron chi connectivity index (χ2n) is 5.91. The molecule has 0 saturated heterocycles. The van der Waals surface area contributed by atoms with Crippen LogP contribution in [-0.2, 0) is 0 Å². The van der Waals surface area contributed by atoms with Crippen molar-refractivity contribution in [2.45, 2.75) is 50.7 Å². The van der Waals surface area contributed by atoms with E-state index in [0.29, 0.717) is 12.5 Å². The van der Waals surface area contributed by atoms with Crippen molar-refractivity contribution < 1.29 is 10.2 Å². The Labute approximate surface area is 136 Å². The van der Waals surface area contributed by atoms with Gasteiger partial charge in [0.2, 0.25) is 0 Å². The topological polar surface area (TPSA) is 43.7 Å². The van der Waals surface area contributed by atoms with Gasteiger partial charge >= 0.3 is 0 Å². The summed E-state index contributed by atoms with van der Waals surface area (Å²) in [6.45, 7) is 1.76. The highest BCUT2D eigenvalue weighted by atomic mass is 79.9. The number of hydrogen-bond donors (Lipinski definition) is 2. The molecule has 1 unspecified atom stereocenters. The zero-order chi connectivity index (χ0) is 15.1. The van der Waals surface area contributed by atoms with Gasteiger partial charge in [0.15, 0.2) is 0 Å². The second-order valence-corrected chi connectivity index (χ2v) is 6.83. The van der Waals surface area contributed by atoms with Crippen LogP contribution in [0.15, 0.2) is 28.7 Å². The molecule has 1 aromatic rings. The van der Waals surface area contributed by atoms with Gasteiger partial charge in [-0.25, -0.2) is 0 Å². The molecule has 0 heterocycles. The maximum atomic E-state index is 10.4. The Balaban J connectivity index is 1.88. The largest absolute Gasteiger partial charge is 0.395 e. The van der Waals surface area contributed by atoms with Crippen molar-refractivity contribution in [3.63, 3.8) is 0 Å². The molecule has 0 spiro atoms. The van der Waals surface area contributed by atoms with Gasteiger partial charge in [-0.3, -0.25) is 4.90 Å². The van der Waals surface area contributed by atoms with Crippen LogP contribution in [0.25, 0.3) is 0 Å². The van der Waals surface area contributed by atoms with Gasteiger partial charge in [0, 0.05) is 23.6 Å². The lowest BCUT2D eigenvalue weighted by Crippen LogP contribution is -2.39. The van der Waals surface area contributed by atoms with Gasteiger partial charge in [-0.1, -0.05) is 47.3 Å². The summed E-state index contributed by atoms with van der Waals surface area (Å²) in [5.41, 5.74) is 0.956. The molecule has 2 N–H and O–H groups in total. The molecule has 1 saturated carbocycles. The van der Waals surface area contributed by atoms with Crippen LogP contribution >= 0.6 is 15.9 Å². The fraction of sp³-hybridized carbons (Fsp3) is 0.647. The highest BCUT2D eigenvalue weighted by molar-refractivity contribution is 9.10. The molecule has 0 amide bonds. The summed E-state index contributed by atoms with van der Waals surface area (Å²) in [6, 6.07) is 8.44. The van der Waals surface area contributed by atoms with E-state index >= 15 is 0 Å². The number of nitrogens with zero attached hydrogens (tertiary/aromatic N) is 1. The van der Waals surface area contributed by atoms with Gasteiger partial charge in [-0.15, -0.1) is 0 Å². The van der Waals surface area contributed by atoms with E-state index in [0.717, 1.165) is 23.1 Å². The monoisotopic (exact) mass is 355 g/mol. The molecule has 118 valence electrons. The lowest BCUT2D eigenvalue weighted by molar-refractivity contribution is 0.0922. The first-order valence-electron chi connectivity index (χ1n) is 7.99. The van der Waals surface area contributed by atoms with E-state index in [-0.39, 0.29) is 6.61 Å². The number of aliphatic hydroxyl groups is 2. The van der Waals surface area contributed by atoms with Crippen molar-refractivity contribution in [2.75, 3.05) is 19.7 Å². The van der Waals surface area contributed by atoms with Crippen LogP contribution < -0.4 is 0 Å². The Bertz CT molecular complexity index is 421. The van der Waals surface area contributed by atoms with E-state index in [2.05, 4.69) is 20.8 Å². The maximum Gasteiger partial charge on any atom is 0.0802 e. The third-order valence-corrected chi connectivity index (χ3v) is 4.89. The summed E-state index contributed by atoms with van der Waals surface area (Å²) in [5, 5.41) is 19.6. The van der Waals surface area contributed by atoms with Crippen molar-refractivity contribution in [3.8, 4) is 0 Å². The molecule has 4 heteroatoms. The zero-order valence-electron chi connectivity index (χ0n) is 12.5. The van der Waals surface area contributed by atoms with Crippen molar-refractivity contribution in [1.82, 2.24) is 4.90 Å². The average molecular weight is 356 g/mol. The van der Waals surface area contributed by atoms with Gasteiger partial charge < -0.3 is 10.2 Å². The van der Waals surface area contributed by atoms with Crippen LogP contribution in [0, 0.1) is 0 Å². The van der Waals surface area contributed by atoms with E-state index in [1.165, 1.54) is 32.1 Å². The molecule has 0 aliphatic heterocycles. The first-order chi connectivity index (χ1) is 10.2. The number of hydrogen-bond acceptors (Lipinski definition) is 3. The van der Waals surface area contributed by atoms with Gasteiger partial charge in [-0.2, -0.15) is 0 Å². The fourth-order valence-corrected chi connectivity index (χ4v) is 3.64. The molecule has 21 heavy (non-hydrogen) atoms. The Morgan fingerprint density at radius 1 is 1.19 bits per heavy atom. The number of aliphatic hydroxyl groups excluding tert-OH is 2. The van der Waals surface area contributed by atoms with Crippen LogP contribution in [-0.4, -0.2) is 40.9 Å². The van der Waals surface area contributed by atoms with E-state index in [1.54, 1.807) is 0 Å². The predicted octanol–water partition coefficient (Wildman–Crippen LogP) is 3.50. The normalized spacial score (nSPS) is 18.1. The number of rotatable bonds is 7. The van der Waals surface area contributed by atoms with Crippen LogP contribution in [0.1, 0.15) is 50.2 Å². The van der Waals surface area contributed by atoms with Crippen molar-refractivity contribution in [2.24, 2.45) is 0 Å². The van der Waals surface area contributed by atoms with Gasteiger partial charge in [-0.05, 0) is 37.0 Å². The summed E-state index contributed by atoms with van der Waals surface area (Å²) in [7, 11) is 0. The third-order valence-electron chi connectivity index (χ3n) is 4.40. The van der Waals surface area contributed by atoms with Gasteiger partial charge in [0.1, 0.15) is 0 Å². The van der Waals surface area contributed by atoms with Crippen LogP contribution in [0.5, 0.6) is 0 Å². The second kappa shape index (κ2) is 8.89. The highest BCUT2D eigenvalue weighted by Gasteiger charge is 2.21. The van der Waals surface area contributed by atoms with Crippen molar-refractivity contribution >= 4 is 15.9 Å². The number of halogens is 1. The van der Waals surface area contributed by atoms with Crippen molar-refractivity contribution in [3.05, 3.63) is 34.3 Å². The predicted molar refractivity (Wildman–Crippen MR) is 89.3 cm³/mol. The van der Waals surface area contributed by atoms with E-state index in [9.17, 15) is 10.2 Å². The summed E-state index contributed by atoms with van der Waals surface area (Å²) < 4.78 is 0.999. The molecule has 2 rings (SSSR count). The minimum atomic E-state index is -0.438. The minimum absolute atomic E-state index is 0.198. The molecule has 1 aliphatic carbocycles. The van der Waals surface area contributed by atoms with E-state index in [4.69, 9.17) is 0 Å². The third kappa shape index (κ3) is 5.37. The Morgan fingerprint density at radius 2 is 1.95 bits per heavy atom. The molecule has 1 aliphatic rings. The van der Waals surface area contributed by atoms with Crippen LogP contribution in [0.4, 0.5) is 0 Å². The van der Waals surface area contributed by atoms with Crippen LogP contribution in [0.2, 0.25) is 0 Å². The lowest BCUT2D eigenvalue weighted by Gasteiger charge is -2.34. The van der Waals surface area contributed by atoms with E-state index < -0.39 is 6.10 Å². The fourth-order valence-electron chi connectivity index (χ4n) is 3.22. The summed E-state index contributed by atoms with van der Waals surface area (Å²) in [5.74, 6) is 0. The summed E-state index contributed by atoms with van der Waals surface area (Å²) in [6.07, 6.45) is 6.66. The van der Waals surface area contributed by atoms with Gasteiger partial charge in [0.05, 0.1) is 12.7 Å². The molecule has 0 aromatic heterocycles. The van der Waals surface area contributed by atoms with Crippen LogP contribution in [0.3, 0.4) is 0 Å². The van der Waals surface area contributed by atoms with Crippen molar-refractivity contribution in [1.29, 1.82) is 0 Å². The van der Waals surface area contributed by atoms with Gasteiger partial charge in [0.25, 0.3) is 0 Å².